The summed E-state index contributed by atoms with van der Waals surface area (Å²) in [6.07, 6.45) is 1.89. The van der Waals surface area contributed by atoms with Crippen LogP contribution in [-0.4, -0.2) is 59.9 Å². The molecule has 5 atom stereocenters. The number of carbonyl (C=O) groups excluding carboxylic acids is 2. The van der Waals surface area contributed by atoms with E-state index >= 15 is 0 Å². The van der Waals surface area contributed by atoms with Gasteiger partial charge in [0.05, 0.1) is 18.1 Å². The smallest absolute Gasteiger partial charge is 0.316 e. The van der Waals surface area contributed by atoms with Crippen LogP contribution in [0, 0.1) is 11.3 Å². The van der Waals surface area contributed by atoms with Crippen molar-refractivity contribution in [3.63, 3.8) is 0 Å². The fourth-order valence-electron chi connectivity index (χ4n) is 3.67. The number of nitrogens with zero attached hydrogens (tertiary/aromatic N) is 1. The molecule has 0 saturated carbocycles. The zero-order chi connectivity index (χ0) is 16.1. The Morgan fingerprint density at radius 2 is 2.27 bits per heavy atom. The van der Waals surface area contributed by atoms with Crippen molar-refractivity contribution in [3.05, 3.63) is 11.6 Å². The van der Waals surface area contributed by atoms with Crippen LogP contribution in [0.15, 0.2) is 11.6 Å². The summed E-state index contributed by atoms with van der Waals surface area (Å²) in [5.74, 6) is -1.28. The molecule has 22 heavy (non-hydrogen) atoms. The molecule has 0 aromatic carbocycles. The average molecular weight is 309 g/mol. The Kier molecular flexibility index (Phi) is 3.77. The van der Waals surface area contributed by atoms with Gasteiger partial charge in [0.2, 0.25) is 0 Å². The lowest BCUT2D eigenvalue weighted by Crippen LogP contribution is -2.41. The lowest BCUT2D eigenvalue weighted by Gasteiger charge is -2.28. The third-order valence-corrected chi connectivity index (χ3v) is 5.64. The normalized spacial score (nSPS) is 41.3. The Labute approximate surface area is 130 Å². The maximum absolute atomic E-state index is 12.5. The van der Waals surface area contributed by atoms with Gasteiger partial charge in [-0.25, -0.2) is 0 Å². The van der Waals surface area contributed by atoms with Crippen LogP contribution >= 0.6 is 0 Å². The zero-order valence-electron chi connectivity index (χ0n) is 13.2. The van der Waals surface area contributed by atoms with E-state index < -0.39 is 29.5 Å². The van der Waals surface area contributed by atoms with Gasteiger partial charge in [-0.3, -0.25) is 14.5 Å². The molecular formula is C16H23NO5. The summed E-state index contributed by atoms with van der Waals surface area (Å²) >= 11 is 0. The molecule has 2 saturated heterocycles. The van der Waals surface area contributed by atoms with E-state index in [-0.39, 0.29) is 18.6 Å². The van der Waals surface area contributed by atoms with Gasteiger partial charge in [-0.15, -0.1) is 0 Å². The van der Waals surface area contributed by atoms with Gasteiger partial charge >= 0.3 is 11.9 Å². The molecule has 0 aliphatic carbocycles. The highest BCUT2D eigenvalue weighted by molar-refractivity contribution is 5.88. The maximum atomic E-state index is 12.5. The maximum Gasteiger partial charge on any atom is 0.316 e. The van der Waals surface area contributed by atoms with Crippen LogP contribution in [0.5, 0.6) is 0 Å². The molecule has 6 nitrogen and oxygen atoms in total. The van der Waals surface area contributed by atoms with Gasteiger partial charge in [0, 0.05) is 13.1 Å². The zero-order valence-corrected chi connectivity index (χ0v) is 13.2. The van der Waals surface area contributed by atoms with E-state index in [1.807, 2.05) is 6.08 Å². The van der Waals surface area contributed by atoms with Crippen LogP contribution in [0.3, 0.4) is 0 Å². The molecule has 0 spiro atoms. The standard InChI is InChI=1S/C16H23NO5/c1-9-14(19)22-10(2)16(9,3)15(20)21-8-11-4-6-17-7-5-12(18)13(11)17/h4,9-10,12-13,18H,5-8H2,1-3H3/t9-,10-,12+,13-,16-/m0/s1. The second-order valence-corrected chi connectivity index (χ2v) is 6.73. The first-order chi connectivity index (χ1) is 10.4. The Bertz CT molecular complexity index is 531. The van der Waals surface area contributed by atoms with E-state index in [0.29, 0.717) is 0 Å². The minimum atomic E-state index is -0.954. The molecule has 0 radical (unpaired) electrons. The van der Waals surface area contributed by atoms with E-state index in [4.69, 9.17) is 9.47 Å². The highest BCUT2D eigenvalue weighted by atomic mass is 16.6. The third-order valence-electron chi connectivity index (χ3n) is 5.64. The summed E-state index contributed by atoms with van der Waals surface area (Å²) in [5.41, 5.74) is -0.00275. The Hall–Kier alpha value is -1.40. The van der Waals surface area contributed by atoms with Crippen molar-refractivity contribution in [2.75, 3.05) is 19.7 Å². The van der Waals surface area contributed by atoms with E-state index in [1.54, 1.807) is 20.8 Å². The first-order valence-corrected chi connectivity index (χ1v) is 7.84. The summed E-state index contributed by atoms with van der Waals surface area (Å²) in [6.45, 7) is 6.97. The van der Waals surface area contributed by atoms with Crippen molar-refractivity contribution >= 4 is 11.9 Å². The largest absolute Gasteiger partial charge is 0.461 e. The number of carbonyl (C=O) groups is 2. The molecule has 0 bridgehead atoms. The number of cyclic esters (lactones) is 1. The molecule has 0 aromatic heterocycles. The van der Waals surface area contributed by atoms with Crippen molar-refractivity contribution in [1.29, 1.82) is 0 Å². The van der Waals surface area contributed by atoms with Crippen LogP contribution in [0.2, 0.25) is 0 Å². The lowest BCUT2D eigenvalue weighted by molar-refractivity contribution is -0.158. The topological polar surface area (TPSA) is 76.1 Å². The van der Waals surface area contributed by atoms with Gasteiger partial charge in [0.1, 0.15) is 18.1 Å². The van der Waals surface area contributed by atoms with Crippen LogP contribution in [0.1, 0.15) is 27.2 Å². The van der Waals surface area contributed by atoms with Crippen molar-refractivity contribution < 1.29 is 24.2 Å². The molecule has 3 aliphatic rings. The Morgan fingerprint density at radius 3 is 2.91 bits per heavy atom. The Balaban J connectivity index is 1.65. The number of aliphatic hydroxyl groups excluding tert-OH is 1. The van der Waals surface area contributed by atoms with Crippen LogP contribution < -0.4 is 0 Å². The molecule has 3 heterocycles. The predicted molar refractivity (Wildman–Crippen MR) is 77.9 cm³/mol. The van der Waals surface area contributed by atoms with Gasteiger partial charge in [-0.2, -0.15) is 0 Å². The molecule has 3 rings (SSSR count). The van der Waals surface area contributed by atoms with Gasteiger partial charge in [-0.1, -0.05) is 13.0 Å². The molecule has 6 heteroatoms. The van der Waals surface area contributed by atoms with E-state index in [9.17, 15) is 14.7 Å². The summed E-state index contributed by atoms with van der Waals surface area (Å²) in [5, 5.41) is 10.0. The number of fused-ring (bicyclic) bond motifs is 1. The molecule has 3 aliphatic heterocycles. The minimum absolute atomic E-state index is 0.0306. The number of ether oxygens (including phenoxy) is 2. The number of esters is 2. The summed E-state index contributed by atoms with van der Waals surface area (Å²) in [4.78, 5) is 26.4. The summed E-state index contributed by atoms with van der Waals surface area (Å²) < 4.78 is 10.6. The van der Waals surface area contributed by atoms with Crippen LogP contribution in [0.25, 0.3) is 0 Å². The number of hydrogen-bond donors (Lipinski definition) is 1. The third kappa shape index (κ3) is 2.16. The first-order valence-electron chi connectivity index (χ1n) is 7.84. The van der Waals surface area contributed by atoms with Crippen molar-refractivity contribution in [1.82, 2.24) is 4.90 Å². The highest BCUT2D eigenvalue weighted by Crippen LogP contribution is 2.41. The molecule has 0 unspecified atom stereocenters. The SMILES string of the molecule is C[C@@H]1OC(=O)[C@H](C)[C@]1(C)C(=O)OCC1=CCN2CC[C@@H](O)[C@H]12. The van der Waals surface area contributed by atoms with Crippen molar-refractivity contribution in [2.24, 2.45) is 11.3 Å². The fraction of sp³-hybridized carbons (Fsp3) is 0.750. The highest BCUT2D eigenvalue weighted by Gasteiger charge is 2.56. The van der Waals surface area contributed by atoms with Gasteiger partial charge in [0.25, 0.3) is 0 Å². The van der Waals surface area contributed by atoms with Gasteiger partial charge < -0.3 is 14.6 Å². The van der Waals surface area contributed by atoms with Crippen LogP contribution in [0.4, 0.5) is 0 Å². The van der Waals surface area contributed by atoms with Crippen LogP contribution in [-0.2, 0) is 19.1 Å². The number of aliphatic hydroxyl groups is 1. The minimum Gasteiger partial charge on any atom is -0.461 e. The molecule has 2 fully saturated rings. The van der Waals surface area contributed by atoms with Crippen molar-refractivity contribution in [2.45, 2.75) is 45.4 Å². The fourth-order valence-corrected chi connectivity index (χ4v) is 3.67. The lowest BCUT2D eigenvalue weighted by atomic mass is 9.76. The van der Waals surface area contributed by atoms with Gasteiger partial charge in [-0.05, 0) is 25.8 Å². The Morgan fingerprint density at radius 1 is 1.55 bits per heavy atom. The summed E-state index contributed by atoms with van der Waals surface area (Å²) in [6, 6.07) is -0.0306. The molecule has 1 N–H and O–H groups in total. The average Bonchev–Trinajstić information content (AvgIpc) is 3.10. The monoisotopic (exact) mass is 309 g/mol. The van der Waals surface area contributed by atoms with Crippen molar-refractivity contribution in [3.8, 4) is 0 Å². The molecule has 0 amide bonds. The molecular weight excluding hydrogens is 286 g/mol. The predicted octanol–water partition coefficient (Wildman–Crippen LogP) is 0.492. The van der Waals surface area contributed by atoms with E-state index in [0.717, 1.165) is 25.1 Å². The van der Waals surface area contributed by atoms with E-state index in [1.165, 1.54) is 0 Å². The molecule has 122 valence electrons. The van der Waals surface area contributed by atoms with Gasteiger partial charge in [0.15, 0.2) is 0 Å². The second kappa shape index (κ2) is 5.35. The number of hydrogen-bond acceptors (Lipinski definition) is 6. The van der Waals surface area contributed by atoms with E-state index in [2.05, 4.69) is 4.90 Å². The quantitative estimate of drug-likeness (QED) is 0.604. The second-order valence-electron chi connectivity index (χ2n) is 6.73. The first kappa shape index (κ1) is 15.5. The summed E-state index contributed by atoms with van der Waals surface area (Å²) in [7, 11) is 0. The number of rotatable bonds is 3. The molecule has 0 aromatic rings.